The third kappa shape index (κ3) is 2.89. The van der Waals surface area contributed by atoms with Gasteiger partial charge in [-0.15, -0.1) is 0 Å². The Morgan fingerprint density at radius 1 is 1.60 bits per heavy atom. The third-order valence-corrected chi connectivity index (χ3v) is 2.41. The Labute approximate surface area is 88.9 Å². The maximum atomic E-state index is 11.4. The molecule has 0 radical (unpaired) electrons. The molecule has 0 amide bonds. The summed E-state index contributed by atoms with van der Waals surface area (Å²) in [7, 11) is 0. The van der Waals surface area contributed by atoms with Crippen molar-refractivity contribution in [1.82, 2.24) is 9.97 Å². The summed E-state index contributed by atoms with van der Waals surface area (Å²) < 4.78 is 0. The van der Waals surface area contributed by atoms with Crippen molar-refractivity contribution in [3.05, 3.63) is 27.9 Å². The van der Waals surface area contributed by atoms with Crippen molar-refractivity contribution in [1.29, 1.82) is 0 Å². The lowest BCUT2D eigenvalue weighted by atomic mass is 10.00. The molecule has 15 heavy (non-hydrogen) atoms. The summed E-state index contributed by atoms with van der Waals surface area (Å²) in [6.45, 7) is 3.87. The van der Waals surface area contributed by atoms with Gasteiger partial charge in [0.1, 0.15) is 5.82 Å². The zero-order valence-corrected chi connectivity index (χ0v) is 9.21. The molecule has 1 fully saturated rings. The monoisotopic (exact) mass is 207 g/mol. The number of nitrogens with zero attached hydrogens (tertiary/aromatic N) is 1. The Balaban J connectivity index is 2.27. The first-order valence-corrected chi connectivity index (χ1v) is 5.33. The largest absolute Gasteiger partial charge is 0.325 e. The van der Waals surface area contributed by atoms with E-state index in [4.69, 9.17) is 5.73 Å². The Morgan fingerprint density at radius 3 is 2.80 bits per heavy atom. The third-order valence-electron chi connectivity index (χ3n) is 2.41. The molecule has 3 N–H and O–H groups in total. The van der Waals surface area contributed by atoms with Crippen LogP contribution < -0.4 is 11.3 Å². The normalized spacial score (nSPS) is 16.7. The molecular weight excluding hydrogens is 190 g/mol. The first kappa shape index (κ1) is 10.4. The van der Waals surface area contributed by atoms with Crippen molar-refractivity contribution < 1.29 is 0 Å². The topological polar surface area (TPSA) is 71.8 Å². The van der Waals surface area contributed by atoms with Gasteiger partial charge < -0.3 is 10.7 Å². The Hall–Kier alpha value is -1.16. The highest BCUT2D eigenvalue weighted by atomic mass is 16.1. The number of rotatable bonds is 3. The molecule has 1 heterocycles. The van der Waals surface area contributed by atoms with Crippen LogP contribution >= 0.6 is 0 Å². The highest BCUT2D eigenvalue weighted by Crippen LogP contribution is 2.37. The SMILES string of the molecule is CC(C)(N)Cc1cc(=O)[nH]c(C2CC2)n1. The van der Waals surface area contributed by atoms with Crippen molar-refractivity contribution in [3.8, 4) is 0 Å². The molecule has 1 aliphatic carbocycles. The number of aromatic nitrogens is 2. The van der Waals surface area contributed by atoms with Gasteiger partial charge in [0.05, 0.1) is 0 Å². The highest BCUT2D eigenvalue weighted by Gasteiger charge is 2.26. The van der Waals surface area contributed by atoms with Crippen molar-refractivity contribution in [2.45, 2.75) is 44.6 Å². The van der Waals surface area contributed by atoms with E-state index in [1.165, 1.54) is 0 Å². The molecule has 2 rings (SSSR count). The summed E-state index contributed by atoms with van der Waals surface area (Å²) in [6.07, 6.45) is 2.91. The number of nitrogens with one attached hydrogen (secondary N) is 1. The molecule has 0 unspecified atom stereocenters. The molecule has 0 saturated heterocycles. The van der Waals surface area contributed by atoms with Crippen molar-refractivity contribution in [3.63, 3.8) is 0 Å². The molecule has 0 aliphatic heterocycles. The second kappa shape index (κ2) is 3.45. The summed E-state index contributed by atoms with van der Waals surface area (Å²) >= 11 is 0. The van der Waals surface area contributed by atoms with E-state index < -0.39 is 0 Å². The predicted octanol–water partition coefficient (Wildman–Crippen LogP) is 0.927. The maximum Gasteiger partial charge on any atom is 0.251 e. The number of hydrogen-bond donors (Lipinski definition) is 2. The van der Waals surface area contributed by atoms with Gasteiger partial charge in [-0.1, -0.05) is 0 Å². The second-order valence-corrected chi connectivity index (χ2v) is 5.06. The Morgan fingerprint density at radius 2 is 2.27 bits per heavy atom. The molecule has 1 aliphatic rings. The molecule has 1 saturated carbocycles. The first-order chi connectivity index (χ1) is 6.94. The van der Waals surface area contributed by atoms with Gasteiger partial charge in [-0.2, -0.15) is 0 Å². The molecule has 0 aromatic carbocycles. The Kier molecular flexibility index (Phi) is 2.38. The average Bonchev–Trinajstić information content (AvgIpc) is 2.80. The number of H-pyrrole nitrogens is 1. The molecule has 4 heteroatoms. The van der Waals surface area contributed by atoms with Gasteiger partial charge >= 0.3 is 0 Å². The standard InChI is InChI=1S/C11H17N3O/c1-11(2,12)6-8-5-9(15)14-10(13-8)7-3-4-7/h5,7H,3-4,6,12H2,1-2H3,(H,13,14,15). The smallest absolute Gasteiger partial charge is 0.251 e. The lowest BCUT2D eigenvalue weighted by molar-refractivity contribution is 0.508. The van der Waals surface area contributed by atoms with Crippen LogP contribution in [0.4, 0.5) is 0 Å². The molecule has 0 spiro atoms. The van der Waals surface area contributed by atoms with E-state index in [1.54, 1.807) is 6.07 Å². The van der Waals surface area contributed by atoms with E-state index in [9.17, 15) is 4.79 Å². The van der Waals surface area contributed by atoms with Crippen LogP contribution in [0.25, 0.3) is 0 Å². The van der Waals surface area contributed by atoms with Gasteiger partial charge in [0.2, 0.25) is 0 Å². The quantitative estimate of drug-likeness (QED) is 0.774. The first-order valence-electron chi connectivity index (χ1n) is 5.33. The van der Waals surface area contributed by atoms with Crippen LogP contribution in [0.5, 0.6) is 0 Å². The van der Waals surface area contributed by atoms with Crippen LogP contribution in [0.2, 0.25) is 0 Å². The van der Waals surface area contributed by atoms with E-state index >= 15 is 0 Å². The van der Waals surface area contributed by atoms with Crippen molar-refractivity contribution in [2.24, 2.45) is 5.73 Å². The van der Waals surface area contributed by atoms with Crippen LogP contribution in [0.1, 0.15) is 44.1 Å². The summed E-state index contributed by atoms with van der Waals surface area (Å²) in [5.41, 5.74) is 6.32. The zero-order valence-electron chi connectivity index (χ0n) is 9.21. The Bertz CT molecular complexity index is 413. The summed E-state index contributed by atoms with van der Waals surface area (Å²) in [5, 5.41) is 0. The fourth-order valence-electron chi connectivity index (χ4n) is 1.64. The minimum Gasteiger partial charge on any atom is -0.325 e. The van der Waals surface area contributed by atoms with E-state index in [0.717, 1.165) is 24.4 Å². The molecular formula is C11H17N3O. The van der Waals surface area contributed by atoms with Gasteiger partial charge in [0.15, 0.2) is 0 Å². The lowest BCUT2D eigenvalue weighted by Gasteiger charge is -2.17. The van der Waals surface area contributed by atoms with Crippen LogP contribution in [-0.4, -0.2) is 15.5 Å². The van der Waals surface area contributed by atoms with Crippen molar-refractivity contribution in [2.75, 3.05) is 0 Å². The molecule has 82 valence electrons. The predicted molar refractivity (Wildman–Crippen MR) is 58.8 cm³/mol. The van der Waals surface area contributed by atoms with E-state index in [2.05, 4.69) is 9.97 Å². The molecule has 0 atom stereocenters. The molecule has 0 bridgehead atoms. The number of nitrogens with two attached hydrogens (primary N) is 1. The minimum atomic E-state index is -0.318. The van der Waals surface area contributed by atoms with Gasteiger partial charge in [-0.05, 0) is 26.7 Å². The van der Waals surface area contributed by atoms with Gasteiger partial charge in [0, 0.05) is 29.6 Å². The number of aromatic amines is 1. The zero-order chi connectivity index (χ0) is 11.1. The fourth-order valence-corrected chi connectivity index (χ4v) is 1.64. The second-order valence-electron chi connectivity index (χ2n) is 5.06. The summed E-state index contributed by atoms with van der Waals surface area (Å²) in [4.78, 5) is 18.6. The van der Waals surface area contributed by atoms with Crippen LogP contribution in [0.3, 0.4) is 0 Å². The molecule has 1 aromatic heterocycles. The average molecular weight is 207 g/mol. The van der Waals surface area contributed by atoms with Crippen LogP contribution in [-0.2, 0) is 6.42 Å². The van der Waals surface area contributed by atoms with Gasteiger partial charge in [-0.25, -0.2) is 4.98 Å². The summed E-state index contributed by atoms with van der Waals surface area (Å²) in [6, 6.07) is 1.54. The van der Waals surface area contributed by atoms with Gasteiger partial charge in [-0.3, -0.25) is 4.79 Å². The number of hydrogen-bond acceptors (Lipinski definition) is 3. The fraction of sp³-hybridized carbons (Fsp3) is 0.636. The van der Waals surface area contributed by atoms with Crippen molar-refractivity contribution >= 4 is 0 Å². The summed E-state index contributed by atoms with van der Waals surface area (Å²) in [5.74, 6) is 1.31. The maximum absolute atomic E-state index is 11.4. The minimum absolute atomic E-state index is 0.0637. The van der Waals surface area contributed by atoms with Crippen LogP contribution in [0.15, 0.2) is 10.9 Å². The van der Waals surface area contributed by atoms with E-state index in [1.807, 2.05) is 13.8 Å². The van der Waals surface area contributed by atoms with E-state index in [0.29, 0.717) is 12.3 Å². The van der Waals surface area contributed by atoms with E-state index in [-0.39, 0.29) is 11.1 Å². The lowest BCUT2D eigenvalue weighted by Crippen LogP contribution is -2.35. The highest BCUT2D eigenvalue weighted by molar-refractivity contribution is 5.11. The molecule has 1 aromatic rings. The molecule has 4 nitrogen and oxygen atoms in total. The van der Waals surface area contributed by atoms with Crippen LogP contribution in [0, 0.1) is 0 Å². The van der Waals surface area contributed by atoms with Gasteiger partial charge in [0.25, 0.3) is 5.56 Å².